The molecule has 0 bridgehead atoms. The minimum absolute atomic E-state index is 0.669. The third kappa shape index (κ3) is 2.56. The number of nitrogens with one attached hydrogen (secondary N) is 1. The third-order valence-corrected chi connectivity index (χ3v) is 3.68. The molecule has 0 aliphatic carbocycles. The summed E-state index contributed by atoms with van der Waals surface area (Å²) in [6, 6.07) is 10.2. The molecule has 90 valence electrons. The monoisotopic (exact) mass is 266 g/mol. The summed E-state index contributed by atoms with van der Waals surface area (Å²) in [6.07, 6.45) is 1.96. The van der Waals surface area contributed by atoms with Gasteiger partial charge in [0.15, 0.2) is 0 Å². The van der Waals surface area contributed by atoms with Gasteiger partial charge in [-0.2, -0.15) is 4.73 Å². The molecule has 0 radical (unpaired) electrons. The number of thiocarbonyl (C=S) groups is 1. The third-order valence-electron chi connectivity index (χ3n) is 2.52. The molecule has 1 heterocycles. The minimum Gasteiger partial charge on any atom is -0.417 e. The highest BCUT2D eigenvalue weighted by molar-refractivity contribution is 8.22. The van der Waals surface area contributed by atoms with Gasteiger partial charge < -0.3 is 10.2 Å². The van der Waals surface area contributed by atoms with Gasteiger partial charge in [-0.15, -0.1) is 11.8 Å². The number of para-hydroxylation sites is 1. The second-order valence-electron chi connectivity index (χ2n) is 3.52. The van der Waals surface area contributed by atoms with E-state index in [1.807, 2.05) is 29.2 Å². The van der Waals surface area contributed by atoms with Crippen molar-refractivity contribution in [1.29, 1.82) is 0 Å². The van der Waals surface area contributed by atoms with E-state index in [-0.39, 0.29) is 0 Å². The first-order valence-electron chi connectivity index (χ1n) is 5.22. The Morgan fingerprint density at radius 2 is 2.24 bits per heavy atom. The normalized spacial score (nSPS) is 10.5. The zero-order valence-electron chi connectivity index (χ0n) is 9.77. The van der Waals surface area contributed by atoms with Crippen LogP contribution in [0, 0.1) is 0 Å². The van der Waals surface area contributed by atoms with E-state index >= 15 is 0 Å². The number of aromatic nitrogens is 1. The van der Waals surface area contributed by atoms with Gasteiger partial charge in [0.25, 0.3) is 0 Å². The number of nitrogens with zero attached hydrogens (tertiary/aromatic N) is 1. The molecule has 1 aromatic heterocycles. The van der Waals surface area contributed by atoms with Gasteiger partial charge in [0, 0.05) is 5.39 Å². The average Bonchev–Trinajstić information content (AvgIpc) is 2.73. The molecule has 0 fully saturated rings. The van der Waals surface area contributed by atoms with E-state index in [0.717, 1.165) is 15.5 Å². The Kier molecular flexibility index (Phi) is 3.91. The summed E-state index contributed by atoms with van der Waals surface area (Å²) >= 11 is 6.65. The summed E-state index contributed by atoms with van der Waals surface area (Å²) in [4.78, 5) is 5.39. The summed E-state index contributed by atoms with van der Waals surface area (Å²) in [5, 5.41) is 4.35. The molecule has 0 aliphatic rings. The molecule has 0 saturated heterocycles. The lowest BCUT2D eigenvalue weighted by atomic mass is 10.2. The Labute approximate surface area is 110 Å². The Morgan fingerprint density at radius 3 is 2.94 bits per heavy atom. The van der Waals surface area contributed by atoms with E-state index in [0.29, 0.717) is 6.54 Å². The SMILES string of the molecule is COn1c(CNC(=S)SC)cc2ccccc21. The first-order valence-corrected chi connectivity index (χ1v) is 6.85. The Bertz CT molecular complexity index is 536. The van der Waals surface area contributed by atoms with Gasteiger partial charge in [-0.25, -0.2) is 0 Å². The van der Waals surface area contributed by atoms with Crippen LogP contribution in [0.5, 0.6) is 0 Å². The van der Waals surface area contributed by atoms with Gasteiger partial charge in [0.2, 0.25) is 0 Å². The topological polar surface area (TPSA) is 26.2 Å². The molecule has 0 unspecified atom stereocenters. The first-order chi connectivity index (χ1) is 8.26. The van der Waals surface area contributed by atoms with E-state index in [4.69, 9.17) is 17.1 Å². The van der Waals surface area contributed by atoms with Crippen LogP contribution in [0.2, 0.25) is 0 Å². The van der Waals surface area contributed by atoms with E-state index in [9.17, 15) is 0 Å². The highest BCUT2D eigenvalue weighted by Crippen LogP contribution is 2.18. The number of rotatable bonds is 3. The number of hydrogen-bond acceptors (Lipinski definition) is 3. The largest absolute Gasteiger partial charge is 0.417 e. The van der Waals surface area contributed by atoms with E-state index in [1.54, 1.807) is 7.11 Å². The van der Waals surface area contributed by atoms with E-state index in [2.05, 4.69) is 17.4 Å². The predicted octanol–water partition coefficient (Wildman–Crippen LogP) is 2.44. The maximum absolute atomic E-state index is 5.39. The molecule has 0 aliphatic heterocycles. The van der Waals surface area contributed by atoms with Crippen molar-refractivity contribution >= 4 is 39.2 Å². The fourth-order valence-electron chi connectivity index (χ4n) is 1.76. The Morgan fingerprint density at radius 1 is 1.47 bits per heavy atom. The highest BCUT2D eigenvalue weighted by atomic mass is 32.2. The predicted molar refractivity (Wildman–Crippen MR) is 77.4 cm³/mol. The van der Waals surface area contributed by atoms with Crippen LogP contribution in [0.3, 0.4) is 0 Å². The zero-order chi connectivity index (χ0) is 12.3. The fraction of sp³-hybridized carbons (Fsp3) is 0.250. The smallest absolute Gasteiger partial charge is 0.133 e. The molecule has 1 N–H and O–H groups in total. The van der Waals surface area contributed by atoms with Crippen molar-refractivity contribution in [3.63, 3.8) is 0 Å². The van der Waals surface area contributed by atoms with Crippen LogP contribution in [0.4, 0.5) is 0 Å². The molecular weight excluding hydrogens is 252 g/mol. The van der Waals surface area contributed by atoms with Gasteiger partial charge in [-0.1, -0.05) is 30.4 Å². The van der Waals surface area contributed by atoms with Crippen molar-refractivity contribution < 1.29 is 4.84 Å². The van der Waals surface area contributed by atoms with Gasteiger partial charge in [-0.05, 0) is 18.4 Å². The average molecular weight is 266 g/mol. The summed E-state index contributed by atoms with van der Waals surface area (Å²) in [7, 11) is 1.67. The lowest BCUT2D eigenvalue weighted by Crippen LogP contribution is -2.21. The second-order valence-corrected chi connectivity index (χ2v) is 5.00. The number of hydrogen-bond donors (Lipinski definition) is 1. The first kappa shape index (κ1) is 12.3. The van der Waals surface area contributed by atoms with Crippen molar-refractivity contribution in [2.75, 3.05) is 13.4 Å². The molecule has 0 saturated carbocycles. The van der Waals surface area contributed by atoms with Gasteiger partial charge in [0.05, 0.1) is 17.8 Å². The molecule has 2 rings (SSSR count). The number of fused-ring (bicyclic) bond motifs is 1. The van der Waals surface area contributed by atoms with Gasteiger partial charge >= 0.3 is 0 Å². The minimum atomic E-state index is 0.669. The Hall–Kier alpha value is -1.20. The number of thioether (sulfide) groups is 1. The van der Waals surface area contributed by atoms with Crippen LogP contribution in [-0.4, -0.2) is 22.4 Å². The van der Waals surface area contributed by atoms with E-state index < -0.39 is 0 Å². The zero-order valence-corrected chi connectivity index (χ0v) is 11.4. The van der Waals surface area contributed by atoms with Crippen LogP contribution in [-0.2, 0) is 6.54 Å². The van der Waals surface area contributed by atoms with Crippen molar-refractivity contribution in [2.24, 2.45) is 0 Å². The number of benzene rings is 1. The molecule has 1 aromatic carbocycles. The van der Waals surface area contributed by atoms with Gasteiger partial charge in [0.1, 0.15) is 11.4 Å². The summed E-state index contributed by atoms with van der Waals surface area (Å²) in [6.45, 7) is 0.669. The molecule has 5 heteroatoms. The van der Waals surface area contributed by atoms with Crippen LogP contribution in [0.15, 0.2) is 30.3 Å². The molecule has 3 nitrogen and oxygen atoms in total. The second kappa shape index (κ2) is 5.42. The van der Waals surface area contributed by atoms with Crippen molar-refractivity contribution in [2.45, 2.75) is 6.54 Å². The van der Waals surface area contributed by atoms with Crippen LogP contribution in [0.25, 0.3) is 10.9 Å². The molecular formula is C12H14N2OS2. The standard InChI is InChI=1S/C12H14N2OS2/c1-15-14-10(8-13-12(16)17-2)7-9-5-3-4-6-11(9)14/h3-7H,8H2,1-2H3,(H,13,16). The van der Waals surface area contributed by atoms with Crippen molar-refractivity contribution in [3.8, 4) is 0 Å². The molecule has 2 aromatic rings. The van der Waals surface area contributed by atoms with Crippen molar-refractivity contribution in [1.82, 2.24) is 10.0 Å². The summed E-state index contributed by atoms with van der Waals surface area (Å²) in [5.74, 6) is 0. The summed E-state index contributed by atoms with van der Waals surface area (Å²) < 4.78 is 2.61. The maximum Gasteiger partial charge on any atom is 0.133 e. The highest BCUT2D eigenvalue weighted by Gasteiger charge is 2.08. The van der Waals surface area contributed by atoms with Crippen LogP contribution in [0.1, 0.15) is 5.69 Å². The lowest BCUT2D eigenvalue weighted by Gasteiger charge is -2.09. The molecule has 0 amide bonds. The molecule has 0 atom stereocenters. The van der Waals surface area contributed by atoms with Crippen LogP contribution >= 0.6 is 24.0 Å². The molecule has 0 spiro atoms. The quantitative estimate of drug-likeness (QED) is 0.863. The fourth-order valence-corrected chi connectivity index (χ4v) is 2.05. The molecule has 17 heavy (non-hydrogen) atoms. The maximum atomic E-state index is 5.39. The van der Waals surface area contributed by atoms with Gasteiger partial charge in [-0.3, -0.25) is 0 Å². The summed E-state index contributed by atoms with van der Waals surface area (Å²) in [5.41, 5.74) is 2.13. The van der Waals surface area contributed by atoms with E-state index in [1.165, 1.54) is 17.1 Å². The van der Waals surface area contributed by atoms with Crippen LogP contribution < -0.4 is 10.2 Å². The lowest BCUT2D eigenvalue weighted by molar-refractivity contribution is 0.170. The Balaban J connectivity index is 2.30. The van der Waals surface area contributed by atoms with Crippen molar-refractivity contribution in [3.05, 3.63) is 36.0 Å².